The quantitative estimate of drug-likeness (QED) is 0.744. The van der Waals surface area contributed by atoms with E-state index in [-0.39, 0.29) is 11.3 Å². The number of likely N-dealkylation sites (tertiary alicyclic amines) is 1. The third kappa shape index (κ3) is 4.00. The summed E-state index contributed by atoms with van der Waals surface area (Å²) in [5.41, 5.74) is 2.19. The van der Waals surface area contributed by atoms with Crippen molar-refractivity contribution in [3.8, 4) is 0 Å². The molecule has 3 heteroatoms. The number of benzene rings is 1. The van der Waals surface area contributed by atoms with E-state index in [2.05, 4.69) is 32.9 Å². The van der Waals surface area contributed by atoms with Crippen LogP contribution in [0.2, 0.25) is 0 Å². The Morgan fingerprint density at radius 3 is 2.52 bits per heavy atom. The van der Waals surface area contributed by atoms with Crippen molar-refractivity contribution in [2.75, 3.05) is 12.4 Å². The van der Waals surface area contributed by atoms with Crippen LogP contribution in [0.3, 0.4) is 0 Å². The van der Waals surface area contributed by atoms with Gasteiger partial charge in [0.2, 0.25) is 0 Å². The molecular weight excluding hydrogens is 282 g/mol. The Hall–Kier alpha value is -1.02. The maximum atomic E-state index is 12.7. The van der Waals surface area contributed by atoms with Crippen LogP contribution in [-0.2, 0) is 5.41 Å². The number of halogens is 1. The first-order valence-corrected chi connectivity index (χ1v) is 8.44. The van der Waals surface area contributed by atoms with Crippen LogP contribution in [0, 0.1) is 0 Å². The van der Waals surface area contributed by atoms with Crippen LogP contribution in [0.1, 0.15) is 62.4 Å². The lowest BCUT2D eigenvalue weighted by atomic mass is 9.86. The Labute approximate surface area is 133 Å². The highest BCUT2D eigenvalue weighted by atomic mass is 35.5. The maximum Gasteiger partial charge on any atom is 0.254 e. The van der Waals surface area contributed by atoms with Crippen molar-refractivity contribution in [3.05, 3.63) is 35.4 Å². The van der Waals surface area contributed by atoms with Gasteiger partial charge in [0, 0.05) is 24.0 Å². The lowest BCUT2D eigenvalue weighted by Crippen LogP contribution is -2.35. The fraction of sp³-hybridized carbons (Fsp3) is 0.611. The van der Waals surface area contributed by atoms with Crippen molar-refractivity contribution in [1.82, 2.24) is 4.90 Å². The predicted molar refractivity (Wildman–Crippen MR) is 89.2 cm³/mol. The molecule has 0 radical (unpaired) electrons. The molecular formula is C18H26ClNO. The van der Waals surface area contributed by atoms with Gasteiger partial charge in [0.1, 0.15) is 0 Å². The van der Waals surface area contributed by atoms with Gasteiger partial charge < -0.3 is 4.90 Å². The van der Waals surface area contributed by atoms with Gasteiger partial charge in [0.25, 0.3) is 5.91 Å². The molecule has 1 aliphatic rings. The molecule has 1 fully saturated rings. The average Bonchev–Trinajstić information content (AvgIpc) is 2.92. The first-order valence-electron chi connectivity index (χ1n) is 7.91. The summed E-state index contributed by atoms with van der Waals surface area (Å²) in [5, 5.41) is 0. The molecule has 1 aromatic carbocycles. The number of amides is 1. The highest BCUT2D eigenvalue weighted by molar-refractivity contribution is 6.17. The van der Waals surface area contributed by atoms with Crippen molar-refractivity contribution in [1.29, 1.82) is 0 Å². The molecule has 1 amide bonds. The van der Waals surface area contributed by atoms with E-state index in [1.165, 1.54) is 5.56 Å². The molecule has 2 rings (SSSR count). The lowest BCUT2D eigenvalue weighted by molar-refractivity contribution is 0.0730. The summed E-state index contributed by atoms with van der Waals surface area (Å²) in [6.45, 7) is 7.44. The van der Waals surface area contributed by atoms with E-state index in [1.54, 1.807) is 0 Å². The zero-order valence-electron chi connectivity index (χ0n) is 13.4. The maximum absolute atomic E-state index is 12.7. The molecule has 0 spiro atoms. The van der Waals surface area contributed by atoms with Crippen molar-refractivity contribution in [3.63, 3.8) is 0 Å². The van der Waals surface area contributed by atoms with Crippen LogP contribution < -0.4 is 0 Å². The Morgan fingerprint density at radius 2 is 1.95 bits per heavy atom. The standard InChI is InChI=1S/C18H26ClNO/c1-18(2,3)15-10-8-14(9-11-15)17(21)20-13-5-7-16(20)6-4-12-19/h8-11,16H,4-7,12-13H2,1-3H3. The SMILES string of the molecule is CC(C)(C)c1ccc(C(=O)N2CCCC2CCCCl)cc1. The molecule has 0 N–H and O–H groups in total. The van der Waals surface area contributed by atoms with Crippen molar-refractivity contribution >= 4 is 17.5 Å². The fourth-order valence-electron chi connectivity index (χ4n) is 2.99. The summed E-state index contributed by atoms with van der Waals surface area (Å²) in [7, 11) is 0. The molecule has 21 heavy (non-hydrogen) atoms. The van der Waals surface area contributed by atoms with Gasteiger partial charge in [-0.25, -0.2) is 0 Å². The van der Waals surface area contributed by atoms with Crippen LogP contribution >= 0.6 is 11.6 Å². The Kier molecular flexibility index (Phi) is 5.32. The first kappa shape index (κ1) is 16.4. The van der Waals surface area contributed by atoms with Gasteiger partial charge in [-0.3, -0.25) is 4.79 Å². The molecule has 1 atom stereocenters. The number of hydrogen-bond acceptors (Lipinski definition) is 1. The molecule has 2 nitrogen and oxygen atoms in total. The van der Waals surface area contributed by atoms with Crippen LogP contribution in [0.25, 0.3) is 0 Å². The van der Waals surface area contributed by atoms with E-state index in [1.807, 2.05) is 17.0 Å². The first-order chi connectivity index (χ1) is 9.93. The topological polar surface area (TPSA) is 20.3 Å². The van der Waals surface area contributed by atoms with Crippen molar-refractivity contribution < 1.29 is 4.79 Å². The van der Waals surface area contributed by atoms with Gasteiger partial charge in [-0.1, -0.05) is 32.9 Å². The summed E-state index contributed by atoms with van der Waals surface area (Å²) in [5.74, 6) is 0.853. The average molecular weight is 308 g/mol. The summed E-state index contributed by atoms with van der Waals surface area (Å²) in [6.07, 6.45) is 4.23. The molecule has 1 heterocycles. The van der Waals surface area contributed by atoms with Gasteiger partial charge in [-0.05, 0) is 48.8 Å². The molecule has 0 aromatic heterocycles. The van der Waals surface area contributed by atoms with Crippen molar-refractivity contribution in [2.45, 2.75) is 57.9 Å². The van der Waals surface area contributed by atoms with Gasteiger partial charge in [-0.2, -0.15) is 0 Å². The summed E-state index contributed by atoms with van der Waals surface area (Å²) < 4.78 is 0. The van der Waals surface area contributed by atoms with E-state index in [0.29, 0.717) is 11.9 Å². The van der Waals surface area contributed by atoms with Crippen LogP contribution in [0.5, 0.6) is 0 Å². The smallest absolute Gasteiger partial charge is 0.254 e. The van der Waals surface area contributed by atoms with E-state index in [4.69, 9.17) is 11.6 Å². The van der Waals surface area contributed by atoms with E-state index >= 15 is 0 Å². The van der Waals surface area contributed by atoms with E-state index in [0.717, 1.165) is 37.8 Å². The summed E-state index contributed by atoms with van der Waals surface area (Å²) >= 11 is 5.78. The monoisotopic (exact) mass is 307 g/mol. The Morgan fingerprint density at radius 1 is 1.29 bits per heavy atom. The van der Waals surface area contributed by atoms with Gasteiger partial charge in [0.05, 0.1) is 0 Å². The Balaban J connectivity index is 2.08. The minimum atomic E-state index is 0.123. The van der Waals surface area contributed by atoms with Crippen LogP contribution in [0.15, 0.2) is 24.3 Å². The number of carbonyl (C=O) groups excluding carboxylic acids is 1. The van der Waals surface area contributed by atoms with E-state index < -0.39 is 0 Å². The second-order valence-electron chi connectivity index (χ2n) is 6.95. The third-order valence-corrected chi connectivity index (χ3v) is 4.57. The predicted octanol–water partition coefficient (Wildman–Crippen LogP) is 4.61. The third-order valence-electron chi connectivity index (χ3n) is 4.31. The number of alkyl halides is 1. The minimum absolute atomic E-state index is 0.123. The van der Waals surface area contributed by atoms with Crippen LogP contribution in [-0.4, -0.2) is 29.3 Å². The fourth-order valence-corrected chi connectivity index (χ4v) is 3.15. The molecule has 1 aromatic rings. The molecule has 116 valence electrons. The number of nitrogens with zero attached hydrogens (tertiary/aromatic N) is 1. The Bertz CT molecular complexity index is 475. The van der Waals surface area contributed by atoms with Gasteiger partial charge in [-0.15, -0.1) is 11.6 Å². The normalized spacial score (nSPS) is 19.0. The van der Waals surface area contributed by atoms with E-state index in [9.17, 15) is 4.79 Å². The number of carbonyl (C=O) groups is 1. The minimum Gasteiger partial charge on any atom is -0.336 e. The van der Waals surface area contributed by atoms with Gasteiger partial charge >= 0.3 is 0 Å². The highest BCUT2D eigenvalue weighted by Crippen LogP contribution is 2.26. The zero-order chi connectivity index (χ0) is 15.5. The molecule has 0 bridgehead atoms. The number of rotatable bonds is 4. The molecule has 1 saturated heterocycles. The lowest BCUT2D eigenvalue weighted by Gasteiger charge is -2.25. The molecule has 0 saturated carbocycles. The van der Waals surface area contributed by atoms with Crippen molar-refractivity contribution in [2.24, 2.45) is 0 Å². The molecule has 1 aliphatic heterocycles. The molecule has 0 aliphatic carbocycles. The zero-order valence-corrected chi connectivity index (χ0v) is 14.1. The molecule has 1 unspecified atom stereocenters. The second-order valence-corrected chi connectivity index (χ2v) is 7.33. The second kappa shape index (κ2) is 6.83. The summed E-state index contributed by atoms with van der Waals surface area (Å²) in [6, 6.07) is 8.48. The van der Waals surface area contributed by atoms with Gasteiger partial charge in [0.15, 0.2) is 0 Å². The summed E-state index contributed by atoms with van der Waals surface area (Å²) in [4.78, 5) is 14.7. The van der Waals surface area contributed by atoms with Crippen LogP contribution in [0.4, 0.5) is 0 Å². The highest BCUT2D eigenvalue weighted by Gasteiger charge is 2.29. The number of hydrogen-bond donors (Lipinski definition) is 0. The largest absolute Gasteiger partial charge is 0.336 e.